The normalized spacial score (nSPS) is 14.7. The summed E-state index contributed by atoms with van der Waals surface area (Å²) in [6.07, 6.45) is 0.709. The number of benzene rings is 3. The third-order valence-corrected chi connectivity index (χ3v) is 6.59. The Hall–Kier alpha value is -2.54. The van der Waals surface area contributed by atoms with Crippen molar-refractivity contribution in [1.82, 2.24) is 4.72 Å². The highest BCUT2D eigenvalue weighted by molar-refractivity contribution is 7.89. The number of para-hydroxylation sites is 2. The molecule has 7 heteroatoms. The van der Waals surface area contributed by atoms with Crippen molar-refractivity contribution in [2.45, 2.75) is 30.4 Å². The van der Waals surface area contributed by atoms with E-state index in [1.165, 1.54) is 0 Å². The lowest BCUT2D eigenvalue weighted by Gasteiger charge is -2.26. The predicted molar refractivity (Wildman–Crippen MR) is 118 cm³/mol. The largest absolute Gasteiger partial charge is 0.361 e. The first-order chi connectivity index (χ1) is 13.8. The first-order valence-electron chi connectivity index (χ1n) is 9.31. The fourth-order valence-electron chi connectivity index (χ4n) is 3.47. The van der Waals surface area contributed by atoms with Gasteiger partial charge >= 0.3 is 0 Å². The Labute approximate surface area is 176 Å². The second-order valence-electron chi connectivity index (χ2n) is 7.40. The summed E-state index contributed by atoms with van der Waals surface area (Å²) in [5.41, 5.74) is 3.70. The van der Waals surface area contributed by atoms with E-state index in [9.17, 15) is 8.42 Å². The number of anilines is 2. The molecule has 3 N–H and O–H groups in total. The van der Waals surface area contributed by atoms with Crippen LogP contribution in [0.5, 0.6) is 0 Å². The maximum Gasteiger partial charge on any atom is 0.240 e. The fraction of sp³-hybridized carbons (Fsp3) is 0.182. The molecule has 1 aliphatic rings. The van der Waals surface area contributed by atoms with E-state index < -0.39 is 10.0 Å². The number of hydrogen-bond donors (Lipinski definition) is 3. The Bertz CT molecular complexity index is 1090. The van der Waals surface area contributed by atoms with Crippen LogP contribution < -0.4 is 15.4 Å². The van der Waals surface area contributed by atoms with Gasteiger partial charge in [-0.1, -0.05) is 48.0 Å². The van der Waals surface area contributed by atoms with Gasteiger partial charge < -0.3 is 10.6 Å². The summed E-state index contributed by atoms with van der Waals surface area (Å²) in [7, 11) is -3.59. The van der Waals surface area contributed by atoms with E-state index in [1.807, 2.05) is 36.4 Å². The van der Waals surface area contributed by atoms with E-state index in [0.717, 1.165) is 22.5 Å². The number of sulfonamides is 1. The number of fused-ring (bicyclic) bond motifs is 1. The van der Waals surface area contributed by atoms with Crippen molar-refractivity contribution < 1.29 is 8.42 Å². The van der Waals surface area contributed by atoms with Gasteiger partial charge in [-0.25, -0.2) is 13.1 Å². The van der Waals surface area contributed by atoms with Crippen LogP contribution in [0.15, 0.2) is 77.7 Å². The number of hydrogen-bond acceptors (Lipinski definition) is 4. The van der Waals surface area contributed by atoms with Crippen LogP contribution in [0.25, 0.3) is 0 Å². The van der Waals surface area contributed by atoms with Crippen LogP contribution in [0, 0.1) is 0 Å². The topological polar surface area (TPSA) is 70.2 Å². The third kappa shape index (κ3) is 4.56. The van der Waals surface area contributed by atoms with Gasteiger partial charge in [-0.15, -0.1) is 0 Å². The number of nitrogens with one attached hydrogen (secondary N) is 3. The van der Waals surface area contributed by atoms with E-state index in [0.29, 0.717) is 11.4 Å². The molecule has 3 aromatic carbocycles. The van der Waals surface area contributed by atoms with Gasteiger partial charge in [0.1, 0.15) is 5.66 Å². The SMILES string of the molecule is CC1(Cc2ccc(S(=O)(=O)NCc3ccc(Cl)cc3)cc2)Nc2ccccc2N1. The minimum Gasteiger partial charge on any atom is -0.361 e. The van der Waals surface area contributed by atoms with Crippen LogP contribution in [0.4, 0.5) is 11.4 Å². The molecule has 0 saturated heterocycles. The summed E-state index contributed by atoms with van der Waals surface area (Å²) in [6, 6.07) is 22.1. The first-order valence-corrected chi connectivity index (χ1v) is 11.2. The van der Waals surface area contributed by atoms with Gasteiger partial charge in [0.25, 0.3) is 0 Å². The summed E-state index contributed by atoms with van der Waals surface area (Å²) in [5, 5.41) is 7.61. The molecule has 0 bridgehead atoms. The lowest BCUT2D eigenvalue weighted by Crippen LogP contribution is -2.40. The molecule has 0 saturated carbocycles. The molecular weight excluding hydrogens is 406 g/mol. The molecule has 0 radical (unpaired) electrons. The van der Waals surface area contributed by atoms with E-state index in [-0.39, 0.29) is 17.1 Å². The van der Waals surface area contributed by atoms with Gasteiger partial charge in [-0.3, -0.25) is 0 Å². The first kappa shape index (κ1) is 19.8. The monoisotopic (exact) mass is 427 g/mol. The molecule has 0 spiro atoms. The van der Waals surface area contributed by atoms with Crippen LogP contribution in [0.2, 0.25) is 5.02 Å². The standard InChI is InChI=1S/C22H22ClN3O2S/c1-22(25-20-4-2-3-5-21(20)26-22)14-16-8-12-19(13-9-16)29(27,28)24-15-17-6-10-18(23)11-7-17/h2-13,24-26H,14-15H2,1H3. The van der Waals surface area contributed by atoms with Gasteiger partial charge in [0.05, 0.1) is 16.3 Å². The average Bonchev–Trinajstić information content (AvgIpc) is 3.03. The maximum atomic E-state index is 12.6. The van der Waals surface area contributed by atoms with Gasteiger partial charge in [0.2, 0.25) is 10.0 Å². The fourth-order valence-corrected chi connectivity index (χ4v) is 4.62. The minimum absolute atomic E-state index is 0.214. The lowest BCUT2D eigenvalue weighted by molar-refractivity contribution is 0.581. The highest BCUT2D eigenvalue weighted by atomic mass is 35.5. The van der Waals surface area contributed by atoms with Gasteiger partial charge in [-0.05, 0) is 54.4 Å². The zero-order chi connectivity index (χ0) is 20.5. The molecular formula is C22H22ClN3O2S. The van der Waals surface area contributed by atoms with Gasteiger partial charge in [0, 0.05) is 18.0 Å². The Morgan fingerprint density at radius 1 is 0.862 bits per heavy atom. The summed E-state index contributed by atoms with van der Waals surface area (Å²) >= 11 is 5.86. The predicted octanol–water partition coefficient (Wildman–Crippen LogP) is 4.61. The zero-order valence-corrected chi connectivity index (χ0v) is 17.5. The zero-order valence-electron chi connectivity index (χ0n) is 15.9. The van der Waals surface area contributed by atoms with Crippen LogP contribution in [-0.4, -0.2) is 14.1 Å². The van der Waals surface area contributed by atoms with Crippen molar-refractivity contribution >= 4 is 33.0 Å². The third-order valence-electron chi connectivity index (χ3n) is 4.92. The van der Waals surface area contributed by atoms with Crippen LogP contribution in [-0.2, 0) is 23.0 Å². The van der Waals surface area contributed by atoms with Crippen molar-refractivity contribution in [3.63, 3.8) is 0 Å². The lowest BCUT2D eigenvalue weighted by atomic mass is 10.0. The van der Waals surface area contributed by atoms with Crippen molar-refractivity contribution in [3.8, 4) is 0 Å². The van der Waals surface area contributed by atoms with E-state index in [1.54, 1.807) is 36.4 Å². The molecule has 0 atom stereocenters. The van der Waals surface area contributed by atoms with Crippen LogP contribution in [0.3, 0.4) is 0 Å². The highest BCUT2D eigenvalue weighted by Gasteiger charge is 2.31. The average molecular weight is 428 g/mol. The van der Waals surface area contributed by atoms with Crippen molar-refractivity contribution in [3.05, 3.63) is 88.9 Å². The molecule has 5 nitrogen and oxygen atoms in total. The molecule has 0 aromatic heterocycles. The Morgan fingerprint density at radius 2 is 1.41 bits per heavy atom. The molecule has 1 heterocycles. The van der Waals surface area contributed by atoms with Crippen molar-refractivity contribution in [2.24, 2.45) is 0 Å². The van der Waals surface area contributed by atoms with E-state index in [2.05, 4.69) is 22.3 Å². The number of rotatable bonds is 6. The Balaban J connectivity index is 1.41. The quantitative estimate of drug-likeness (QED) is 0.537. The molecule has 29 heavy (non-hydrogen) atoms. The van der Waals surface area contributed by atoms with Crippen LogP contribution >= 0.6 is 11.6 Å². The summed E-state index contributed by atoms with van der Waals surface area (Å²) in [6.45, 7) is 2.30. The summed E-state index contributed by atoms with van der Waals surface area (Å²) in [4.78, 5) is 0.246. The highest BCUT2D eigenvalue weighted by Crippen LogP contribution is 2.35. The molecule has 3 aromatic rings. The van der Waals surface area contributed by atoms with Crippen molar-refractivity contribution in [1.29, 1.82) is 0 Å². The second kappa shape index (κ2) is 7.71. The molecule has 0 aliphatic carbocycles. The molecule has 150 valence electrons. The van der Waals surface area contributed by atoms with E-state index in [4.69, 9.17) is 11.6 Å². The Morgan fingerprint density at radius 3 is 2.00 bits per heavy atom. The molecule has 0 unspecified atom stereocenters. The number of halogens is 1. The summed E-state index contributed by atoms with van der Waals surface area (Å²) < 4.78 is 27.8. The van der Waals surface area contributed by atoms with Gasteiger partial charge in [-0.2, -0.15) is 0 Å². The molecule has 0 amide bonds. The van der Waals surface area contributed by atoms with E-state index >= 15 is 0 Å². The molecule has 1 aliphatic heterocycles. The van der Waals surface area contributed by atoms with Crippen LogP contribution in [0.1, 0.15) is 18.1 Å². The minimum atomic E-state index is -3.59. The van der Waals surface area contributed by atoms with Crippen molar-refractivity contribution in [2.75, 3.05) is 10.6 Å². The second-order valence-corrected chi connectivity index (χ2v) is 9.60. The summed E-state index contributed by atoms with van der Waals surface area (Å²) in [5.74, 6) is 0. The van der Waals surface area contributed by atoms with Gasteiger partial charge in [0.15, 0.2) is 0 Å². The Kier molecular flexibility index (Phi) is 5.25. The molecule has 0 fully saturated rings. The maximum absolute atomic E-state index is 12.6. The smallest absolute Gasteiger partial charge is 0.240 e. The molecule has 4 rings (SSSR count).